The summed E-state index contributed by atoms with van der Waals surface area (Å²) < 4.78 is 0. The van der Waals surface area contributed by atoms with Gasteiger partial charge in [0.25, 0.3) is 0 Å². The Morgan fingerprint density at radius 1 is 0.329 bits per heavy atom. The molecule has 12 aromatic carbocycles. The van der Waals surface area contributed by atoms with E-state index >= 15 is 0 Å². The first-order valence-corrected chi connectivity index (χ1v) is 30.2. The van der Waals surface area contributed by atoms with Crippen molar-refractivity contribution >= 4 is 49.7 Å². The van der Waals surface area contributed by atoms with Crippen molar-refractivity contribution in [2.24, 2.45) is 0 Å². The molecule has 9 aliphatic carbocycles. The van der Waals surface area contributed by atoms with Gasteiger partial charge in [-0.15, -0.1) is 0 Å². The van der Waals surface area contributed by atoms with Crippen LogP contribution in [0.1, 0.15) is 172 Å². The molecule has 21 rings (SSSR count). The van der Waals surface area contributed by atoms with Crippen LogP contribution in [0.5, 0.6) is 0 Å². The van der Waals surface area contributed by atoms with Crippen LogP contribution in [0.3, 0.4) is 0 Å². The predicted octanol–water partition coefficient (Wildman–Crippen LogP) is 19.0. The Hall–Kier alpha value is -9.57. The lowest BCUT2D eigenvalue weighted by Gasteiger charge is -2.42. The normalized spacial score (nSPS) is 17.4. The van der Waals surface area contributed by atoms with Crippen molar-refractivity contribution in [3.8, 4) is 0 Å². The van der Waals surface area contributed by atoms with E-state index in [4.69, 9.17) is 0 Å². The zero-order valence-electron chi connectivity index (χ0n) is 48.7. The molecule has 3 heteroatoms. The molecule has 0 heterocycles. The number of fused-ring (bicyclic) bond motifs is 2. The summed E-state index contributed by atoms with van der Waals surface area (Å²) in [5.41, 5.74) is 31.1. The number of hydrogen-bond acceptors (Lipinski definition) is 3. The first kappa shape index (κ1) is 52.2. The van der Waals surface area contributed by atoms with Crippen molar-refractivity contribution in [2.45, 2.75) is 84.0 Å². The minimum Gasteiger partial charge on any atom is -0.294 e. The second-order valence-electron chi connectivity index (χ2n) is 24.4. The Kier molecular flexibility index (Phi) is 12.7. The molecule has 0 atom stereocenters. The minimum absolute atomic E-state index is 0.260. The molecule has 410 valence electrons. The number of aryl methyl sites for hydroxylation is 6. The van der Waals surface area contributed by atoms with Gasteiger partial charge in [-0.2, -0.15) is 0 Å². The lowest BCUT2D eigenvalue weighted by molar-refractivity contribution is 0.0825. The molecule has 0 saturated heterocycles. The van der Waals surface area contributed by atoms with Crippen molar-refractivity contribution in [3.05, 3.63) is 352 Å². The molecule has 0 radical (unpaired) electrons. The van der Waals surface area contributed by atoms with Crippen LogP contribution >= 0.6 is 0 Å². The average Bonchev–Trinajstić information content (AvgIpc) is 1.66. The Labute approximate surface area is 497 Å². The van der Waals surface area contributed by atoms with Gasteiger partial charge in [0, 0.05) is 52.2 Å². The summed E-state index contributed by atoms with van der Waals surface area (Å²) in [4.78, 5) is 34.9. The zero-order chi connectivity index (χ0) is 57.8. The fourth-order valence-corrected chi connectivity index (χ4v) is 15.8. The van der Waals surface area contributed by atoms with Gasteiger partial charge in [0.15, 0.2) is 5.78 Å². The number of carbonyl (C=O) groups is 3. The standard InChI is InChI=1S/2C21H16.C14H14.C13H8O2.C13H10O/c1-13-7-6-12-18-19(13)21-16-10-4-2-8-14(16)20(18)15-9-3-5-11-17(15)21;1-13-10-11-18-19(12-13)21-16-8-4-2-6-14(16)20(18)15-7-3-5-9-17(15)21;1-10-13-7-3-2-5-11(13)9-12-6-4-8-14(10)12;1-7-5-6-10-11-8(7)3-2-4-9(11)12(14)13(10)15;1-8-5-6-11-12(14)7-9-3-2-4-10(8)13(9)11/h2*2-12,20-21H,1H3;2-3,5,7,9H,4,6,8H2,1H3;2-6H,1H3;2-6H,7H2,1H3. The molecule has 12 aromatic rings. The van der Waals surface area contributed by atoms with Crippen LogP contribution in [0, 0.1) is 34.6 Å². The van der Waals surface area contributed by atoms with Crippen molar-refractivity contribution in [2.75, 3.05) is 0 Å². The van der Waals surface area contributed by atoms with Crippen LogP contribution < -0.4 is 0 Å². The first-order chi connectivity index (χ1) is 41.5. The molecule has 0 N–H and O–H groups in total. The second-order valence-corrected chi connectivity index (χ2v) is 24.4. The van der Waals surface area contributed by atoms with Crippen LogP contribution in [0.25, 0.3) is 32.3 Å². The Bertz CT molecular complexity index is 4680. The second kappa shape index (κ2) is 20.6. The lowest BCUT2D eigenvalue weighted by Crippen LogP contribution is -2.28. The quantitative estimate of drug-likeness (QED) is 0.142. The van der Waals surface area contributed by atoms with Crippen LogP contribution in [-0.2, 0) is 19.3 Å². The molecular weight excluding hydrogens is 1030 g/mol. The SMILES string of the molecule is Cc1c2c(cc3ccccc13)CCC2.Cc1ccc2c(c1)C1c3ccccc3C2c2ccccc21.Cc1ccc2c3c(cccc13)C(=O)C2=O.Cc1ccc2c3c(cccc13)CC2=O.Cc1cccc2c1C1c3ccccc3C2c2ccccc21. The highest BCUT2D eigenvalue weighted by Gasteiger charge is 2.43. The van der Waals surface area contributed by atoms with Crippen molar-refractivity contribution < 1.29 is 14.4 Å². The highest BCUT2D eigenvalue weighted by atomic mass is 16.2. The van der Waals surface area contributed by atoms with Gasteiger partial charge < -0.3 is 0 Å². The number of benzene rings is 12. The summed E-state index contributed by atoms with van der Waals surface area (Å²) in [6.07, 6.45) is 4.48. The fourth-order valence-electron chi connectivity index (χ4n) is 15.8. The maximum atomic E-state index is 11.7. The summed E-state index contributed by atoms with van der Waals surface area (Å²) >= 11 is 0. The van der Waals surface area contributed by atoms with Crippen molar-refractivity contribution in [1.82, 2.24) is 0 Å². The molecular formula is C82H64O3. The zero-order valence-corrected chi connectivity index (χ0v) is 48.7. The van der Waals surface area contributed by atoms with Crippen LogP contribution in [0.2, 0.25) is 0 Å². The molecule has 0 fully saturated rings. The van der Waals surface area contributed by atoms with Crippen LogP contribution in [0.15, 0.2) is 224 Å². The third-order valence-electron chi connectivity index (χ3n) is 19.7. The Morgan fingerprint density at radius 2 is 0.800 bits per heavy atom. The number of hydrogen-bond donors (Lipinski definition) is 0. The largest absolute Gasteiger partial charge is 0.294 e. The maximum absolute atomic E-state index is 11.7. The third-order valence-corrected chi connectivity index (χ3v) is 19.7. The van der Waals surface area contributed by atoms with Gasteiger partial charge in [0.2, 0.25) is 11.6 Å². The summed E-state index contributed by atoms with van der Waals surface area (Å²) in [6, 6.07) is 80.1. The molecule has 0 spiro atoms. The number of ketones is 3. The molecule has 9 aliphatic rings. The van der Waals surface area contributed by atoms with E-state index < -0.39 is 0 Å². The van der Waals surface area contributed by atoms with E-state index in [-0.39, 0.29) is 17.3 Å². The number of carbonyl (C=O) groups excluding carboxylic acids is 3. The lowest BCUT2D eigenvalue weighted by atomic mass is 9.60. The van der Waals surface area contributed by atoms with Gasteiger partial charge in [0.05, 0.1) is 0 Å². The van der Waals surface area contributed by atoms with Gasteiger partial charge in [-0.25, -0.2) is 0 Å². The topological polar surface area (TPSA) is 51.2 Å². The van der Waals surface area contributed by atoms with Crippen molar-refractivity contribution in [3.63, 3.8) is 0 Å². The highest BCUT2D eigenvalue weighted by Crippen LogP contribution is 2.57. The number of Topliss-reactive ketones (excluding diaryl/α,β-unsaturated/α-hetero) is 3. The summed E-state index contributed by atoms with van der Waals surface area (Å²) in [7, 11) is 0. The molecule has 3 nitrogen and oxygen atoms in total. The van der Waals surface area contributed by atoms with E-state index in [2.05, 4.69) is 204 Å². The van der Waals surface area contributed by atoms with E-state index in [9.17, 15) is 14.4 Å². The molecule has 0 aromatic heterocycles. The summed E-state index contributed by atoms with van der Waals surface area (Å²) in [5, 5.41) is 7.08. The highest BCUT2D eigenvalue weighted by molar-refractivity contribution is 6.57. The molecule has 4 bridgehead atoms. The third kappa shape index (κ3) is 8.34. The number of rotatable bonds is 0. The van der Waals surface area contributed by atoms with Gasteiger partial charge >= 0.3 is 0 Å². The molecule has 0 amide bonds. The fraction of sp³-hybridized carbons (Fsp3) is 0.159. The molecule has 85 heavy (non-hydrogen) atoms. The predicted molar refractivity (Wildman–Crippen MR) is 347 cm³/mol. The van der Waals surface area contributed by atoms with Crippen LogP contribution in [0.4, 0.5) is 0 Å². The molecule has 0 saturated carbocycles. The van der Waals surface area contributed by atoms with Crippen LogP contribution in [-0.4, -0.2) is 17.3 Å². The van der Waals surface area contributed by atoms with E-state index in [0.717, 1.165) is 21.9 Å². The smallest absolute Gasteiger partial charge is 0.234 e. The maximum Gasteiger partial charge on any atom is 0.234 e. The average molecular weight is 1100 g/mol. The van der Waals surface area contributed by atoms with E-state index in [1.54, 1.807) is 28.8 Å². The van der Waals surface area contributed by atoms with Gasteiger partial charge in [-0.1, -0.05) is 224 Å². The summed E-state index contributed by atoms with van der Waals surface area (Å²) in [6.45, 7) is 10.8. The van der Waals surface area contributed by atoms with Gasteiger partial charge in [-0.05, 0) is 193 Å². The minimum atomic E-state index is -0.374. The Morgan fingerprint density at radius 3 is 1.42 bits per heavy atom. The van der Waals surface area contributed by atoms with Crippen molar-refractivity contribution in [1.29, 1.82) is 0 Å². The summed E-state index contributed by atoms with van der Waals surface area (Å²) in [5.74, 6) is 1.17. The van der Waals surface area contributed by atoms with E-state index in [1.807, 2.05) is 43.3 Å². The molecule has 0 aliphatic heterocycles. The Balaban J connectivity index is 0.0000000913. The van der Waals surface area contributed by atoms with Gasteiger partial charge in [0.1, 0.15) is 0 Å². The van der Waals surface area contributed by atoms with E-state index in [1.165, 1.54) is 130 Å². The van der Waals surface area contributed by atoms with E-state index in [0.29, 0.717) is 41.2 Å². The monoisotopic (exact) mass is 1100 g/mol. The van der Waals surface area contributed by atoms with Gasteiger partial charge in [-0.3, -0.25) is 14.4 Å². The first-order valence-electron chi connectivity index (χ1n) is 30.2. The molecule has 0 unspecified atom stereocenters.